The molecular weight excluding hydrogens is 118 g/mol. The highest BCUT2D eigenvalue weighted by Gasteiger charge is 2.21. The smallest absolute Gasteiger partial charge is 0.309 e. The van der Waals surface area contributed by atoms with Crippen molar-refractivity contribution in [3.05, 3.63) is 0 Å². The molecule has 1 fully saturated rings. The lowest BCUT2D eigenvalue weighted by Gasteiger charge is -2.03. The first-order valence-electron chi connectivity index (χ1n) is 3.13. The minimum atomic E-state index is -0.212. The molecule has 3 heteroatoms. The van der Waals surface area contributed by atoms with Crippen LogP contribution in [0.2, 0.25) is 0 Å². The summed E-state index contributed by atoms with van der Waals surface area (Å²) in [6.07, 6.45) is 3.79. The van der Waals surface area contributed by atoms with Gasteiger partial charge in [0.1, 0.15) is 0 Å². The van der Waals surface area contributed by atoms with Crippen LogP contribution in [0.3, 0.4) is 0 Å². The maximum Gasteiger partial charge on any atom is 0.309 e. The zero-order chi connectivity index (χ0) is 6.69. The van der Waals surface area contributed by atoms with Crippen LogP contribution in [0, 0.1) is 0 Å². The summed E-state index contributed by atoms with van der Waals surface area (Å²) in [5.74, 6) is 0. The molecule has 3 nitrogen and oxygen atoms in total. The van der Waals surface area contributed by atoms with Gasteiger partial charge in [-0.3, -0.25) is 4.79 Å². The first kappa shape index (κ1) is 6.55. The van der Waals surface area contributed by atoms with Crippen LogP contribution in [-0.4, -0.2) is 23.7 Å². The number of aliphatic hydroxyl groups is 1. The summed E-state index contributed by atoms with van der Waals surface area (Å²) in [6, 6.07) is 0.164. The molecule has 9 heavy (non-hydrogen) atoms. The monoisotopic (exact) mass is 128 g/mol. The molecule has 0 saturated heterocycles. The molecule has 2 atom stereocenters. The molecule has 1 aliphatic rings. The van der Waals surface area contributed by atoms with E-state index in [1.807, 2.05) is 0 Å². The number of hydrogen-bond donors (Lipinski definition) is 2. The first-order chi connectivity index (χ1) is 4.33. The van der Waals surface area contributed by atoms with Crippen molar-refractivity contribution in [3.8, 4) is 0 Å². The summed E-state index contributed by atoms with van der Waals surface area (Å²) in [7, 11) is 0. The van der Waals surface area contributed by atoms with E-state index in [9.17, 15) is 4.79 Å². The van der Waals surface area contributed by atoms with E-state index in [0.29, 0.717) is 6.42 Å². The van der Waals surface area contributed by atoms with Crippen LogP contribution in [0.1, 0.15) is 19.3 Å². The van der Waals surface area contributed by atoms with Gasteiger partial charge in [-0.2, -0.15) is 0 Å². The number of amides is 1. The van der Waals surface area contributed by atoms with Crippen molar-refractivity contribution in [2.75, 3.05) is 0 Å². The maximum absolute atomic E-state index is 9.75. The van der Waals surface area contributed by atoms with Gasteiger partial charge in [0, 0.05) is 6.04 Å². The molecule has 51 valence electrons. The van der Waals surface area contributed by atoms with E-state index in [1.54, 1.807) is 6.41 Å². The van der Waals surface area contributed by atoms with Gasteiger partial charge in [-0.05, 0) is 19.3 Å². The number of nitrogens with one attached hydrogen (secondary N) is 1. The molecule has 0 heterocycles. The molecular formula is C6H10NO2. The normalized spacial score (nSPS) is 34.3. The van der Waals surface area contributed by atoms with Crippen LogP contribution in [0.4, 0.5) is 0 Å². The fourth-order valence-corrected chi connectivity index (χ4v) is 1.17. The van der Waals surface area contributed by atoms with Crippen LogP contribution in [0.25, 0.3) is 0 Å². The Morgan fingerprint density at radius 1 is 1.56 bits per heavy atom. The molecule has 1 amide bonds. The molecule has 0 bridgehead atoms. The summed E-state index contributed by atoms with van der Waals surface area (Å²) in [5, 5.41) is 11.5. The van der Waals surface area contributed by atoms with Gasteiger partial charge in [-0.15, -0.1) is 0 Å². The lowest BCUT2D eigenvalue weighted by molar-refractivity contribution is 0.180. The summed E-state index contributed by atoms with van der Waals surface area (Å²) < 4.78 is 0. The average molecular weight is 128 g/mol. The van der Waals surface area contributed by atoms with Crippen molar-refractivity contribution < 1.29 is 9.90 Å². The van der Waals surface area contributed by atoms with Gasteiger partial charge < -0.3 is 10.4 Å². The summed E-state index contributed by atoms with van der Waals surface area (Å²) in [4.78, 5) is 9.75. The SMILES string of the molecule is O=[C]NC1CCC(O)C1. The van der Waals surface area contributed by atoms with E-state index >= 15 is 0 Å². The molecule has 1 radical (unpaired) electrons. The van der Waals surface area contributed by atoms with Crippen molar-refractivity contribution in [2.45, 2.75) is 31.4 Å². The quantitative estimate of drug-likeness (QED) is 0.495. The van der Waals surface area contributed by atoms with Gasteiger partial charge >= 0.3 is 6.41 Å². The molecule has 2 N–H and O–H groups in total. The van der Waals surface area contributed by atoms with Gasteiger partial charge in [0.15, 0.2) is 0 Å². The molecule has 0 spiro atoms. The van der Waals surface area contributed by atoms with Gasteiger partial charge in [0.05, 0.1) is 6.10 Å². The Hall–Kier alpha value is -0.570. The molecule has 1 rings (SSSR count). The molecule has 0 aliphatic heterocycles. The second-order valence-corrected chi connectivity index (χ2v) is 2.41. The van der Waals surface area contributed by atoms with Crippen molar-refractivity contribution in [2.24, 2.45) is 0 Å². The minimum Gasteiger partial charge on any atom is -0.393 e. The Balaban J connectivity index is 2.21. The Labute approximate surface area is 54.1 Å². The Morgan fingerprint density at radius 3 is 2.78 bits per heavy atom. The van der Waals surface area contributed by atoms with E-state index in [1.165, 1.54) is 0 Å². The maximum atomic E-state index is 9.75. The zero-order valence-corrected chi connectivity index (χ0v) is 5.13. The second kappa shape index (κ2) is 2.82. The fraction of sp³-hybridized carbons (Fsp3) is 0.833. The predicted octanol–water partition coefficient (Wildman–Crippen LogP) is -0.443. The zero-order valence-electron chi connectivity index (χ0n) is 5.13. The molecule has 0 aromatic heterocycles. The van der Waals surface area contributed by atoms with Crippen LogP contribution < -0.4 is 5.32 Å². The standard InChI is InChI=1S/C6H10NO2/c8-4-7-5-1-2-6(9)3-5/h5-6,9H,1-3H2,(H,7,8). The molecule has 2 unspecified atom stereocenters. The van der Waals surface area contributed by atoms with Crippen molar-refractivity contribution >= 4 is 6.41 Å². The van der Waals surface area contributed by atoms with Crippen molar-refractivity contribution in [3.63, 3.8) is 0 Å². The highest BCUT2D eigenvalue weighted by atomic mass is 16.3. The highest BCUT2D eigenvalue weighted by molar-refractivity contribution is 5.47. The average Bonchev–Trinajstić information content (AvgIpc) is 2.17. The number of hydrogen-bond acceptors (Lipinski definition) is 2. The van der Waals surface area contributed by atoms with Crippen molar-refractivity contribution in [1.82, 2.24) is 5.32 Å². The van der Waals surface area contributed by atoms with E-state index in [0.717, 1.165) is 12.8 Å². The van der Waals surface area contributed by atoms with Crippen LogP contribution >= 0.6 is 0 Å². The first-order valence-corrected chi connectivity index (χ1v) is 3.13. The van der Waals surface area contributed by atoms with E-state index < -0.39 is 0 Å². The summed E-state index contributed by atoms with van der Waals surface area (Å²) in [5.41, 5.74) is 0. The van der Waals surface area contributed by atoms with E-state index in [-0.39, 0.29) is 12.1 Å². The second-order valence-electron chi connectivity index (χ2n) is 2.41. The van der Waals surface area contributed by atoms with Crippen LogP contribution in [-0.2, 0) is 4.79 Å². The van der Waals surface area contributed by atoms with Crippen molar-refractivity contribution in [1.29, 1.82) is 0 Å². The van der Waals surface area contributed by atoms with E-state index in [2.05, 4.69) is 5.32 Å². The number of carbonyl (C=O) groups excluding carboxylic acids is 1. The van der Waals surface area contributed by atoms with Gasteiger partial charge in [-0.1, -0.05) is 0 Å². The molecule has 1 aliphatic carbocycles. The molecule has 0 aromatic carbocycles. The fourth-order valence-electron chi connectivity index (χ4n) is 1.17. The summed E-state index contributed by atoms with van der Waals surface area (Å²) >= 11 is 0. The lowest BCUT2D eigenvalue weighted by atomic mass is 10.2. The van der Waals surface area contributed by atoms with Gasteiger partial charge in [-0.25, -0.2) is 0 Å². The highest BCUT2D eigenvalue weighted by Crippen LogP contribution is 2.17. The third kappa shape index (κ3) is 1.68. The van der Waals surface area contributed by atoms with Gasteiger partial charge in [0.25, 0.3) is 0 Å². The van der Waals surface area contributed by atoms with Crippen LogP contribution in [0.5, 0.6) is 0 Å². The molecule has 0 aromatic rings. The molecule has 1 saturated carbocycles. The Kier molecular flexibility index (Phi) is 2.05. The number of aliphatic hydroxyl groups excluding tert-OH is 1. The topological polar surface area (TPSA) is 49.3 Å². The predicted molar refractivity (Wildman–Crippen MR) is 32.5 cm³/mol. The number of rotatable bonds is 2. The minimum absolute atomic E-state index is 0.164. The third-order valence-corrected chi connectivity index (χ3v) is 1.67. The van der Waals surface area contributed by atoms with Crippen LogP contribution in [0.15, 0.2) is 0 Å². The van der Waals surface area contributed by atoms with E-state index in [4.69, 9.17) is 5.11 Å². The third-order valence-electron chi connectivity index (χ3n) is 1.67. The van der Waals surface area contributed by atoms with Gasteiger partial charge in [0.2, 0.25) is 0 Å². The summed E-state index contributed by atoms with van der Waals surface area (Å²) in [6.45, 7) is 0. The largest absolute Gasteiger partial charge is 0.393 e. The lowest BCUT2D eigenvalue weighted by Crippen LogP contribution is -2.24. The Morgan fingerprint density at radius 2 is 2.33 bits per heavy atom. The Bertz CT molecular complexity index is 105.